The van der Waals surface area contributed by atoms with Crippen molar-refractivity contribution in [1.82, 2.24) is 10.6 Å². The highest BCUT2D eigenvalue weighted by Crippen LogP contribution is 2.27. The van der Waals surface area contributed by atoms with Crippen molar-refractivity contribution in [2.75, 3.05) is 27.4 Å². The van der Waals surface area contributed by atoms with Gasteiger partial charge in [0.05, 0.1) is 27.2 Å². The fourth-order valence-corrected chi connectivity index (χ4v) is 3.85. The van der Waals surface area contributed by atoms with Crippen molar-refractivity contribution in [1.29, 1.82) is 0 Å². The van der Waals surface area contributed by atoms with Gasteiger partial charge in [-0.15, -0.1) is 0 Å². The molecule has 0 spiro atoms. The number of amides is 2. The average Bonchev–Trinajstić information content (AvgIpc) is 2.90. The summed E-state index contributed by atoms with van der Waals surface area (Å²) in [6, 6.07) is 22.0. The summed E-state index contributed by atoms with van der Waals surface area (Å²) >= 11 is 0. The Morgan fingerprint density at radius 1 is 0.833 bits per heavy atom. The summed E-state index contributed by atoms with van der Waals surface area (Å²) in [4.78, 5) is 25.9. The molecule has 0 aliphatic rings. The second kappa shape index (κ2) is 13.8. The topological polar surface area (TPSA) is 85.9 Å². The van der Waals surface area contributed by atoms with Crippen molar-refractivity contribution in [2.24, 2.45) is 0 Å². The summed E-state index contributed by atoms with van der Waals surface area (Å²) in [6.45, 7) is 2.93. The highest BCUT2D eigenvalue weighted by molar-refractivity contribution is 5.88. The van der Waals surface area contributed by atoms with Crippen LogP contribution in [0.3, 0.4) is 0 Å². The first-order valence-electron chi connectivity index (χ1n) is 12.1. The van der Waals surface area contributed by atoms with Gasteiger partial charge in [0.1, 0.15) is 11.8 Å². The number of hydrogen-bond donors (Lipinski definition) is 2. The molecule has 0 aromatic heterocycles. The molecule has 3 aromatic rings. The monoisotopic (exact) mass is 490 g/mol. The molecule has 0 saturated heterocycles. The van der Waals surface area contributed by atoms with Crippen LogP contribution in [0.25, 0.3) is 0 Å². The third-order valence-electron chi connectivity index (χ3n) is 5.69. The van der Waals surface area contributed by atoms with Gasteiger partial charge in [-0.05, 0) is 54.3 Å². The van der Waals surface area contributed by atoms with Crippen LogP contribution in [-0.4, -0.2) is 45.2 Å². The van der Waals surface area contributed by atoms with Crippen molar-refractivity contribution >= 4 is 11.8 Å². The lowest BCUT2D eigenvalue weighted by atomic mass is 10.0. The van der Waals surface area contributed by atoms with Crippen molar-refractivity contribution in [3.63, 3.8) is 0 Å². The molecule has 0 bridgehead atoms. The zero-order valence-corrected chi connectivity index (χ0v) is 21.1. The van der Waals surface area contributed by atoms with E-state index in [1.807, 2.05) is 79.7 Å². The van der Waals surface area contributed by atoms with E-state index in [1.165, 1.54) is 0 Å². The summed E-state index contributed by atoms with van der Waals surface area (Å²) < 4.78 is 16.1. The Balaban J connectivity index is 1.61. The number of carbonyl (C=O) groups excluding carboxylic acids is 2. The molecule has 0 heterocycles. The fourth-order valence-electron chi connectivity index (χ4n) is 3.85. The highest BCUT2D eigenvalue weighted by Gasteiger charge is 2.21. The first-order valence-corrected chi connectivity index (χ1v) is 12.1. The minimum atomic E-state index is -0.687. The molecule has 7 nitrogen and oxygen atoms in total. The van der Waals surface area contributed by atoms with E-state index in [9.17, 15) is 9.59 Å². The largest absolute Gasteiger partial charge is 0.494 e. The van der Waals surface area contributed by atoms with E-state index in [0.29, 0.717) is 37.5 Å². The smallest absolute Gasteiger partial charge is 0.242 e. The lowest BCUT2D eigenvalue weighted by molar-refractivity contribution is -0.128. The molecule has 7 heteroatoms. The number of nitrogens with one attached hydrogen (secondary N) is 2. The van der Waals surface area contributed by atoms with E-state index in [0.717, 1.165) is 22.4 Å². The van der Waals surface area contributed by atoms with Crippen molar-refractivity contribution in [3.05, 3.63) is 89.5 Å². The molecule has 0 aliphatic carbocycles. The van der Waals surface area contributed by atoms with E-state index in [2.05, 4.69) is 10.6 Å². The van der Waals surface area contributed by atoms with Gasteiger partial charge >= 0.3 is 0 Å². The molecule has 0 aliphatic heterocycles. The Labute approximate surface area is 212 Å². The molecule has 0 saturated carbocycles. The van der Waals surface area contributed by atoms with Gasteiger partial charge in [-0.25, -0.2) is 0 Å². The van der Waals surface area contributed by atoms with E-state index in [1.54, 1.807) is 14.2 Å². The summed E-state index contributed by atoms with van der Waals surface area (Å²) in [7, 11) is 3.18. The van der Waals surface area contributed by atoms with Gasteiger partial charge in [-0.2, -0.15) is 0 Å². The van der Waals surface area contributed by atoms with E-state index >= 15 is 0 Å². The Kier molecular flexibility index (Phi) is 10.2. The van der Waals surface area contributed by atoms with Gasteiger partial charge in [0, 0.05) is 13.0 Å². The van der Waals surface area contributed by atoms with Gasteiger partial charge in [-0.3, -0.25) is 9.59 Å². The maximum Gasteiger partial charge on any atom is 0.242 e. The van der Waals surface area contributed by atoms with E-state index in [-0.39, 0.29) is 18.2 Å². The van der Waals surface area contributed by atoms with Gasteiger partial charge in [0.2, 0.25) is 11.8 Å². The van der Waals surface area contributed by atoms with Crippen molar-refractivity contribution in [2.45, 2.75) is 32.2 Å². The molecule has 1 atom stereocenters. The molecule has 3 rings (SSSR count). The molecule has 2 amide bonds. The molecule has 0 unspecified atom stereocenters. The molecular weight excluding hydrogens is 456 g/mol. The summed E-state index contributed by atoms with van der Waals surface area (Å²) in [5, 5.41) is 5.88. The van der Waals surface area contributed by atoms with Gasteiger partial charge in [0.25, 0.3) is 0 Å². The maximum absolute atomic E-state index is 13.1. The zero-order valence-electron chi connectivity index (χ0n) is 21.1. The SMILES string of the molecule is CCOc1ccc(CC(=O)N[C@@H](Cc2ccccc2)C(=O)NCCc2ccc(OC)c(OC)c2)cc1. The highest BCUT2D eigenvalue weighted by atomic mass is 16.5. The van der Waals surface area contributed by atoms with Crippen LogP contribution in [0.15, 0.2) is 72.8 Å². The number of benzene rings is 3. The van der Waals surface area contributed by atoms with Crippen molar-refractivity contribution < 1.29 is 23.8 Å². The van der Waals surface area contributed by atoms with Gasteiger partial charge < -0.3 is 24.8 Å². The van der Waals surface area contributed by atoms with Gasteiger partial charge in [-0.1, -0.05) is 48.5 Å². The predicted octanol–water partition coefficient (Wildman–Crippen LogP) is 3.73. The van der Waals surface area contributed by atoms with Gasteiger partial charge in [0.15, 0.2) is 11.5 Å². The van der Waals surface area contributed by atoms with Crippen LogP contribution in [0.4, 0.5) is 0 Å². The second-order valence-electron chi connectivity index (χ2n) is 8.29. The number of carbonyl (C=O) groups is 2. The summed E-state index contributed by atoms with van der Waals surface area (Å²) in [6.07, 6.45) is 1.19. The first kappa shape index (κ1) is 26.6. The van der Waals surface area contributed by atoms with Crippen LogP contribution in [0, 0.1) is 0 Å². The molecule has 190 valence electrons. The standard InChI is InChI=1S/C29H34N2O5/c1-4-36-24-13-10-22(11-14-24)20-28(32)31-25(18-21-8-6-5-7-9-21)29(33)30-17-16-23-12-15-26(34-2)27(19-23)35-3/h5-15,19,25H,4,16-18,20H2,1-3H3,(H,30,33)(H,31,32)/t25-/m0/s1. The van der Waals surface area contributed by atoms with E-state index in [4.69, 9.17) is 14.2 Å². The Morgan fingerprint density at radius 3 is 2.19 bits per heavy atom. The number of rotatable bonds is 13. The normalized spacial score (nSPS) is 11.3. The van der Waals surface area contributed by atoms with Crippen LogP contribution < -0.4 is 24.8 Å². The Morgan fingerprint density at radius 2 is 1.53 bits per heavy atom. The maximum atomic E-state index is 13.1. The molecule has 2 N–H and O–H groups in total. The quantitative estimate of drug-likeness (QED) is 0.381. The lowest BCUT2D eigenvalue weighted by Crippen LogP contribution is -2.48. The minimum Gasteiger partial charge on any atom is -0.494 e. The Bertz CT molecular complexity index is 1120. The van der Waals surface area contributed by atoms with E-state index < -0.39 is 6.04 Å². The zero-order chi connectivity index (χ0) is 25.8. The predicted molar refractivity (Wildman–Crippen MR) is 140 cm³/mol. The molecule has 0 radical (unpaired) electrons. The summed E-state index contributed by atoms with van der Waals surface area (Å²) in [5.41, 5.74) is 2.83. The molecular formula is C29H34N2O5. The van der Waals surface area contributed by atoms with Crippen LogP contribution in [0.2, 0.25) is 0 Å². The number of hydrogen-bond acceptors (Lipinski definition) is 5. The Hall–Kier alpha value is -4.00. The van der Waals surface area contributed by atoms with Crippen LogP contribution >= 0.6 is 0 Å². The third-order valence-corrected chi connectivity index (χ3v) is 5.69. The average molecular weight is 491 g/mol. The van der Waals surface area contributed by atoms with Crippen LogP contribution in [-0.2, 0) is 28.9 Å². The molecule has 0 fully saturated rings. The van der Waals surface area contributed by atoms with Crippen molar-refractivity contribution in [3.8, 4) is 17.2 Å². The number of ether oxygens (including phenoxy) is 3. The second-order valence-corrected chi connectivity index (χ2v) is 8.29. The lowest BCUT2D eigenvalue weighted by Gasteiger charge is -2.19. The number of methoxy groups -OCH3 is 2. The van der Waals surface area contributed by atoms with Crippen LogP contribution in [0.5, 0.6) is 17.2 Å². The molecule has 3 aromatic carbocycles. The summed E-state index contributed by atoms with van der Waals surface area (Å²) in [5.74, 6) is 1.63. The van der Waals surface area contributed by atoms with Crippen LogP contribution in [0.1, 0.15) is 23.6 Å². The third kappa shape index (κ3) is 8.05. The fraction of sp³-hybridized carbons (Fsp3) is 0.310. The minimum absolute atomic E-state index is 0.177. The first-order chi connectivity index (χ1) is 17.5. The molecule has 36 heavy (non-hydrogen) atoms.